The van der Waals surface area contributed by atoms with Crippen LogP contribution in [0.1, 0.15) is 0 Å². The fraction of sp³-hybridized carbons (Fsp3) is 0. The summed E-state index contributed by atoms with van der Waals surface area (Å²) in [5, 5.41) is 39.1. The van der Waals surface area contributed by atoms with E-state index in [0.29, 0.717) is 0 Å². The van der Waals surface area contributed by atoms with Crippen LogP contribution in [-0.2, 0) is 0 Å². The average molecular weight is 1550 g/mol. The van der Waals surface area contributed by atoms with Crippen LogP contribution in [0.5, 0.6) is 0 Å². The Bertz CT molecular complexity index is 9730. The summed E-state index contributed by atoms with van der Waals surface area (Å²) in [4.78, 5) is 12.1. The molecule has 0 atom stereocenters. The molecule has 10 heteroatoms. The molecule has 10 aromatic heterocycles. The lowest BCUT2D eigenvalue weighted by Gasteiger charge is -2.16. The third kappa shape index (κ3) is 8.36. The van der Waals surface area contributed by atoms with Crippen molar-refractivity contribution in [1.29, 1.82) is 0 Å². The molecule has 0 N–H and O–H groups in total. The van der Waals surface area contributed by atoms with Gasteiger partial charge in [-0.1, -0.05) is 285 Å². The van der Waals surface area contributed by atoms with Crippen LogP contribution in [-0.4, -0.2) is 47.2 Å². The lowest BCUT2D eigenvalue weighted by atomic mass is 9.99. The number of nitrogens with zero attached hydrogens (tertiary/aromatic N) is 10. The zero-order chi connectivity index (χ0) is 79.0. The van der Waals surface area contributed by atoms with Gasteiger partial charge in [0, 0.05) is 136 Å². The quantitative estimate of drug-likeness (QED) is 0.159. The van der Waals surface area contributed by atoms with Crippen molar-refractivity contribution in [3.05, 3.63) is 376 Å². The molecular weight excluding hydrogens is 1490 g/mol. The Labute approximate surface area is 693 Å². The van der Waals surface area contributed by atoms with Crippen molar-refractivity contribution in [3.8, 4) is 56.7 Å². The molecule has 0 saturated carbocycles. The minimum atomic E-state index is 0.748. The van der Waals surface area contributed by atoms with Gasteiger partial charge in [0.1, 0.15) is 11.4 Å². The Morgan fingerprint density at radius 2 is 0.639 bits per heavy atom. The van der Waals surface area contributed by atoms with Gasteiger partial charge in [0.2, 0.25) is 0 Å². The fourth-order valence-corrected chi connectivity index (χ4v) is 22.0. The summed E-state index contributed by atoms with van der Waals surface area (Å²) in [5.41, 5.74) is 25.3. The molecule has 0 aliphatic rings. The number of hydrogen-bond donors (Lipinski definition) is 0. The minimum absolute atomic E-state index is 0.748. The number of para-hydroxylation sites is 7. The second-order valence-corrected chi connectivity index (χ2v) is 33.1. The van der Waals surface area contributed by atoms with E-state index in [1.807, 2.05) is 0 Å². The van der Waals surface area contributed by atoms with Crippen molar-refractivity contribution in [2.75, 3.05) is 0 Å². The molecule has 29 rings (SSSR count). The number of aromatic nitrogens is 10. The van der Waals surface area contributed by atoms with Crippen LogP contribution in [0.15, 0.2) is 376 Å². The topological polar surface area (TPSA) is 80.1 Å². The highest BCUT2D eigenvalue weighted by atomic mass is 15.2. The van der Waals surface area contributed by atoms with Gasteiger partial charge in [0.05, 0.1) is 88.3 Å². The second kappa shape index (κ2) is 23.6. The van der Waals surface area contributed by atoms with Gasteiger partial charge in [0.25, 0.3) is 0 Å². The molecule has 0 saturated heterocycles. The van der Waals surface area contributed by atoms with Gasteiger partial charge >= 0.3 is 0 Å². The van der Waals surface area contributed by atoms with E-state index in [2.05, 4.69) is 403 Å². The summed E-state index contributed by atoms with van der Waals surface area (Å²) < 4.78 is 14.8. The van der Waals surface area contributed by atoms with E-state index in [0.717, 1.165) is 171 Å². The number of benzene rings is 19. The number of fused-ring (bicyclic) bond motifs is 34. The normalized spacial score (nSPS) is 12.6. The molecule has 0 aliphatic heterocycles. The predicted molar refractivity (Wildman–Crippen MR) is 508 cm³/mol. The Morgan fingerprint density at radius 1 is 0.189 bits per heavy atom. The highest BCUT2D eigenvalue weighted by Crippen LogP contribution is 2.53. The molecule has 0 amide bonds. The van der Waals surface area contributed by atoms with Crippen molar-refractivity contribution in [2.24, 2.45) is 0 Å². The largest absolute Gasteiger partial charge is 0.309 e. The average Bonchev–Trinajstić information content (AvgIpc) is 1.51. The lowest BCUT2D eigenvalue weighted by molar-refractivity contribution is 0.980. The Hall–Kier alpha value is -16.6. The molecule has 122 heavy (non-hydrogen) atoms. The summed E-state index contributed by atoms with van der Waals surface area (Å²) in [6.07, 6.45) is 0. The zero-order valence-electron chi connectivity index (χ0n) is 65.3. The van der Waals surface area contributed by atoms with E-state index >= 15 is 0 Å². The Morgan fingerprint density at radius 3 is 1.30 bits per heavy atom. The molecule has 29 aromatic rings. The summed E-state index contributed by atoms with van der Waals surface area (Å²) in [7, 11) is 0. The van der Waals surface area contributed by atoms with Gasteiger partial charge in [0.15, 0.2) is 11.6 Å². The summed E-state index contributed by atoms with van der Waals surface area (Å²) in [5.74, 6) is 1.52. The molecule has 0 radical (unpaired) electrons. The first-order chi connectivity index (χ1) is 60.6. The number of hydrogen-bond acceptors (Lipinski definition) is 4. The maximum Gasteiger partial charge on any atom is 0.168 e. The third-order valence-electron chi connectivity index (χ3n) is 27.1. The van der Waals surface area contributed by atoms with Gasteiger partial charge in [-0.2, -0.15) is 0 Å². The first kappa shape index (κ1) is 64.6. The van der Waals surface area contributed by atoms with Crippen LogP contribution in [0.25, 0.3) is 274 Å². The van der Waals surface area contributed by atoms with E-state index in [-0.39, 0.29) is 0 Å². The van der Waals surface area contributed by atoms with Gasteiger partial charge < -0.3 is 17.9 Å². The van der Waals surface area contributed by atoms with Gasteiger partial charge in [-0.15, -0.1) is 10.2 Å². The van der Waals surface area contributed by atoms with Crippen LogP contribution in [0.2, 0.25) is 0 Å². The standard InChI is InChI=1S/C112H62N10/c1-2-26-69(27-3-1)117-91-40-17-12-31-75(91)77-55-50-68(60-97(77)117)102-79-33-10-11-34-82(79)111(116-115-102)122-106-74-30-9-6-25-65(74)48-57-81(106)89-62-87-78-54-49-67(59-98(78)120-94-43-20-16-37-85(94)101(109(87)120)110(89)122)72-38-22-39-90-104(72)114-112(121-95-44-21-14-35-83(95)99-71-28-7-4-23-63(71)51-58-96(99)121)103(113-90)66-45-52-70(53-46-66)118-105-73-29-8-5-24-64(73)47-56-80(105)88-61-86-76-32-13-18-41-92(76)119-93-42-19-15-36-84(93)100(107(88)118)108(86)119/h1-62H. The van der Waals surface area contributed by atoms with Gasteiger partial charge in [-0.25, -0.2) is 9.97 Å². The molecule has 0 bridgehead atoms. The summed E-state index contributed by atoms with van der Waals surface area (Å²) in [6, 6.07) is 138. The van der Waals surface area contributed by atoms with Gasteiger partial charge in [-0.05, 0) is 118 Å². The highest BCUT2D eigenvalue weighted by Gasteiger charge is 2.31. The third-order valence-corrected chi connectivity index (χ3v) is 27.1. The van der Waals surface area contributed by atoms with Crippen LogP contribution in [0.3, 0.4) is 0 Å². The van der Waals surface area contributed by atoms with Crippen molar-refractivity contribution in [3.63, 3.8) is 0 Å². The maximum absolute atomic E-state index is 6.12. The van der Waals surface area contributed by atoms with E-state index in [4.69, 9.17) is 20.2 Å². The number of rotatable bonds is 7. The predicted octanol–water partition coefficient (Wildman–Crippen LogP) is 28.7. The lowest BCUT2D eigenvalue weighted by Crippen LogP contribution is -2.04. The molecule has 0 aliphatic carbocycles. The fourth-order valence-electron chi connectivity index (χ4n) is 22.0. The smallest absolute Gasteiger partial charge is 0.168 e. The summed E-state index contributed by atoms with van der Waals surface area (Å²) in [6.45, 7) is 0. The first-order valence-electron chi connectivity index (χ1n) is 41.9. The monoisotopic (exact) mass is 1550 g/mol. The van der Waals surface area contributed by atoms with E-state index in [1.54, 1.807) is 0 Å². The molecule has 10 nitrogen and oxygen atoms in total. The van der Waals surface area contributed by atoms with E-state index in [1.165, 1.54) is 103 Å². The molecule has 10 heterocycles. The summed E-state index contributed by atoms with van der Waals surface area (Å²) >= 11 is 0. The van der Waals surface area contributed by atoms with Crippen LogP contribution < -0.4 is 0 Å². The molecule has 0 spiro atoms. The van der Waals surface area contributed by atoms with E-state index < -0.39 is 0 Å². The SMILES string of the molecule is c1ccc(-n2c3ccccc3c3ccc(-c4nnc(-n5c6c7ccccc7ccc6c6cc7c8ccc(-c9cccc%10nc(-c%11ccc(-n%12c%13c%14ccccc%14ccc%13c%13cc%14c%15ccccc%15n%15c%16ccccc%16c(c%13%12)c%14%15)cc%11)c(-n%11c%12ccccc%12c%12c%13ccccc%13ccc%12%11)nc9%10)cc8n8c9ccccc9c(c65)c78)c5ccccc45)cc32)cc1. The molecule has 560 valence electrons. The van der Waals surface area contributed by atoms with Crippen LogP contribution >= 0.6 is 0 Å². The first-order valence-corrected chi connectivity index (χ1v) is 41.9. The zero-order valence-corrected chi connectivity index (χ0v) is 65.3. The van der Waals surface area contributed by atoms with Crippen molar-refractivity contribution in [2.45, 2.75) is 0 Å². The van der Waals surface area contributed by atoms with Gasteiger partial charge in [-0.3, -0.25) is 9.13 Å². The minimum Gasteiger partial charge on any atom is -0.309 e. The molecule has 0 fully saturated rings. The van der Waals surface area contributed by atoms with E-state index in [9.17, 15) is 0 Å². The molecule has 0 unspecified atom stereocenters. The van der Waals surface area contributed by atoms with Crippen molar-refractivity contribution in [1.82, 2.24) is 47.2 Å². The maximum atomic E-state index is 6.12. The Kier molecular flexibility index (Phi) is 12.5. The van der Waals surface area contributed by atoms with Crippen molar-refractivity contribution < 1.29 is 0 Å². The molecule has 19 aromatic carbocycles. The Balaban J connectivity index is 0.646. The second-order valence-electron chi connectivity index (χ2n) is 33.1. The molecular formula is C112H62N10. The van der Waals surface area contributed by atoms with Crippen molar-refractivity contribution >= 4 is 218 Å². The highest BCUT2D eigenvalue weighted by molar-refractivity contribution is 6.38. The van der Waals surface area contributed by atoms with Crippen LogP contribution in [0.4, 0.5) is 0 Å². The van der Waals surface area contributed by atoms with Crippen LogP contribution in [0, 0.1) is 0 Å².